The van der Waals surface area contributed by atoms with Crippen molar-refractivity contribution in [3.05, 3.63) is 65.2 Å². The minimum Gasteiger partial charge on any atom is -0.351 e. The van der Waals surface area contributed by atoms with Gasteiger partial charge in [0.15, 0.2) is 0 Å². The Hall–Kier alpha value is -2.80. The molecule has 3 aromatic rings. The molecule has 2 N–H and O–H groups in total. The number of benzene rings is 2. The first-order valence-electron chi connectivity index (χ1n) is 8.73. The molecule has 1 heterocycles. The molecule has 0 saturated heterocycles. The standard InChI is InChI=1S/C20H16ClF3N4/c21-15-10-13(20(22,23)24)6-9-16(15)26-18-11-17(12-4-2-1-3-5-12)27-19(28-18)25-14-7-8-14/h1-6,9-11,14H,7-8H2,(H2,25,26,27,28). The van der Waals surface area contributed by atoms with E-state index in [1.165, 1.54) is 6.07 Å². The zero-order valence-corrected chi connectivity index (χ0v) is 15.3. The van der Waals surface area contributed by atoms with Crippen LogP contribution < -0.4 is 10.6 Å². The third kappa shape index (κ3) is 4.36. The highest BCUT2D eigenvalue weighted by Crippen LogP contribution is 2.35. The van der Waals surface area contributed by atoms with Gasteiger partial charge in [-0.15, -0.1) is 0 Å². The molecule has 1 saturated carbocycles. The monoisotopic (exact) mass is 404 g/mol. The van der Waals surface area contributed by atoms with Crippen LogP contribution in [-0.4, -0.2) is 16.0 Å². The lowest BCUT2D eigenvalue weighted by Crippen LogP contribution is -2.08. The first kappa shape index (κ1) is 18.6. The van der Waals surface area contributed by atoms with Crippen molar-refractivity contribution < 1.29 is 13.2 Å². The summed E-state index contributed by atoms with van der Waals surface area (Å²) in [5.74, 6) is 0.910. The summed E-state index contributed by atoms with van der Waals surface area (Å²) in [4.78, 5) is 8.98. The summed E-state index contributed by atoms with van der Waals surface area (Å²) >= 11 is 6.05. The summed E-state index contributed by atoms with van der Waals surface area (Å²) in [6.07, 6.45) is -2.32. The SMILES string of the molecule is FC(F)(F)c1ccc(Nc2cc(-c3ccccc3)nc(NC3CC3)n2)c(Cl)c1. The Kier molecular flexibility index (Phi) is 4.85. The van der Waals surface area contributed by atoms with Crippen LogP contribution in [0.25, 0.3) is 11.3 Å². The van der Waals surface area contributed by atoms with Gasteiger partial charge in [0.05, 0.1) is 22.0 Å². The van der Waals surface area contributed by atoms with Crippen molar-refractivity contribution in [3.63, 3.8) is 0 Å². The Morgan fingerprint density at radius 3 is 2.36 bits per heavy atom. The van der Waals surface area contributed by atoms with Crippen LogP contribution in [0.15, 0.2) is 54.6 Å². The van der Waals surface area contributed by atoms with Crippen LogP contribution in [0, 0.1) is 0 Å². The van der Waals surface area contributed by atoms with E-state index in [1.807, 2.05) is 30.3 Å². The number of hydrogen-bond acceptors (Lipinski definition) is 4. The highest BCUT2D eigenvalue weighted by atomic mass is 35.5. The van der Waals surface area contributed by atoms with Crippen LogP contribution >= 0.6 is 11.6 Å². The Bertz CT molecular complexity index is 988. The van der Waals surface area contributed by atoms with Gasteiger partial charge in [0, 0.05) is 17.7 Å². The van der Waals surface area contributed by atoms with Gasteiger partial charge in [0.25, 0.3) is 0 Å². The summed E-state index contributed by atoms with van der Waals surface area (Å²) in [6.45, 7) is 0. The van der Waals surface area contributed by atoms with Gasteiger partial charge in [-0.1, -0.05) is 41.9 Å². The predicted molar refractivity (Wildman–Crippen MR) is 104 cm³/mol. The van der Waals surface area contributed by atoms with Crippen molar-refractivity contribution in [2.75, 3.05) is 10.6 Å². The van der Waals surface area contributed by atoms with Crippen LogP contribution in [0.5, 0.6) is 0 Å². The zero-order valence-electron chi connectivity index (χ0n) is 14.6. The minimum atomic E-state index is -4.45. The minimum absolute atomic E-state index is 0.0357. The van der Waals surface area contributed by atoms with E-state index in [4.69, 9.17) is 11.6 Å². The molecule has 0 atom stereocenters. The number of rotatable bonds is 5. The smallest absolute Gasteiger partial charge is 0.351 e. The Morgan fingerprint density at radius 2 is 1.71 bits per heavy atom. The average molecular weight is 405 g/mol. The Morgan fingerprint density at radius 1 is 0.964 bits per heavy atom. The van der Waals surface area contributed by atoms with E-state index in [1.54, 1.807) is 6.07 Å². The van der Waals surface area contributed by atoms with Crippen molar-refractivity contribution >= 4 is 29.1 Å². The lowest BCUT2D eigenvalue weighted by Gasteiger charge is -2.13. The molecule has 0 spiro atoms. The van der Waals surface area contributed by atoms with Crippen LogP contribution in [0.1, 0.15) is 18.4 Å². The fourth-order valence-corrected chi connectivity index (χ4v) is 2.90. The molecule has 4 rings (SSSR count). The lowest BCUT2D eigenvalue weighted by molar-refractivity contribution is -0.137. The van der Waals surface area contributed by atoms with Gasteiger partial charge in [-0.05, 0) is 31.0 Å². The molecular formula is C20H16ClF3N4. The topological polar surface area (TPSA) is 49.8 Å². The van der Waals surface area contributed by atoms with Gasteiger partial charge in [0.1, 0.15) is 5.82 Å². The van der Waals surface area contributed by atoms with Crippen LogP contribution in [0.4, 0.5) is 30.6 Å². The molecule has 28 heavy (non-hydrogen) atoms. The van der Waals surface area contributed by atoms with Gasteiger partial charge in [-0.25, -0.2) is 4.98 Å². The molecule has 4 nitrogen and oxygen atoms in total. The maximum absolute atomic E-state index is 12.8. The number of nitrogens with one attached hydrogen (secondary N) is 2. The van der Waals surface area contributed by atoms with Crippen LogP contribution in [-0.2, 0) is 6.18 Å². The fourth-order valence-electron chi connectivity index (χ4n) is 2.67. The lowest BCUT2D eigenvalue weighted by atomic mass is 10.1. The Labute approximate surface area is 164 Å². The van der Waals surface area contributed by atoms with Crippen LogP contribution in [0.3, 0.4) is 0 Å². The van der Waals surface area contributed by atoms with E-state index >= 15 is 0 Å². The van der Waals surface area contributed by atoms with Gasteiger partial charge in [0.2, 0.25) is 5.95 Å². The summed E-state index contributed by atoms with van der Waals surface area (Å²) in [6, 6.07) is 14.9. The summed E-state index contributed by atoms with van der Waals surface area (Å²) < 4.78 is 38.5. The molecule has 0 amide bonds. The number of aromatic nitrogens is 2. The highest BCUT2D eigenvalue weighted by Gasteiger charge is 2.31. The number of hydrogen-bond donors (Lipinski definition) is 2. The first-order chi connectivity index (χ1) is 13.4. The van der Waals surface area contributed by atoms with Crippen molar-refractivity contribution in [2.45, 2.75) is 25.1 Å². The van der Waals surface area contributed by atoms with Crippen molar-refractivity contribution in [3.8, 4) is 11.3 Å². The number of nitrogens with zero attached hydrogens (tertiary/aromatic N) is 2. The molecule has 0 radical (unpaired) electrons. The first-order valence-corrected chi connectivity index (χ1v) is 9.11. The fraction of sp³-hybridized carbons (Fsp3) is 0.200. The maximum atomic E-state index is 12.8. The second kappa shape index (κ2) is 7.31. The maximum Gasteiger partial charge on any atom is 0.416 e. The van der Waals surface area contributed by atoms with E-state index < -0.39 is 11.7 Å². The second-order valence-corrected chi connectivity index (χ2v) is 6.97. The molecule has 1 aliphatic carbocycles. The molecule has 0 bridgehead atoms. The summed E-state index contributed by atoms with van der Waals surface area (Å²) in [7, 11) is 0. The molecule has 1 aliphatic rings. The van der Waals surface area contributed by atoms with E-state index in [0.29, 0.717) is 29.2 Å². The number of halogens is 4. The van der Waals surface area contributed by atoms with E-state index in [-0.39, 0.29) is 5.02 Å². The van der Waals surface area contributed by atoms with Gasteiger partial charge >= 0.3 is 6.18 Å². The van der Waals surface area contributed by atoms with Crippen molar-refractivity contribution in [2.24, 2.45) is 0 Å². The largest absolute Gasteiger partial charge is 0.416 e. The van der Waals surface area contributed by atoms with Crippen molar-refractivity contribution in [1.29, 1.82) is 0 Å². The summed E-state index contributed by atoms with van der Waals surface area (Å²) in [5, 5.41) is 6.22. The van der Waals surface area contributed by atoms with E-state index in [2.05, 4.69) is 20.6 Å². The van der Waals surface area contributed by atoms with Gasteiger partial charge in [-0.3, -0.25) is 0 Å². The van der Waals surface area contributed by atoms with E-state index in [0.717, 1.165) is 30.5 Å². The predicted octanol–water partition coefficient (Wildman–Crippen LogP) is 6.13. The molecule has 1 fully saturated rings. The van der Waals surface area contributed by atoms with Gasteiger partial charge < -0.3 is 10.6 Å². The normalized spacial score (nSPS) is 14.0. The molecule has 144 valence electrons. The molecule has 1 aromatic heterocycles. The molecule has 0 unspecified atom stereocenters. The number of alkyl halides is 3. The van der Waals surface area contributed by atoms with E-state index in [9.17, 15) is 13.2 Å². The quantitative estimate of drug-likeness (QED) is 0.536. The van der Waals surface area contributed by atoms with Crippen molar-refractivity contribution in [1.82, 2.24) is 9.97 Å². The third-order valence-corrected chi connectivity index (χ3v) is 4.58. The third-order valence-electron chi connectivity index (χ3n) is 4.27. The highest BCUT2D eigenvalue weighted by molar-refractivity contribution is 6.33. The molecule has 8 heteroatoms. The summed E-state index contributed by atoms with van der Waals surface area (Å²) in [5.41, 5.74) is 1.14. The van der Waals surface area contributed by atoms with Crippen LogP contribution in [0.2, 0.25) is 5.02 Å². The number of anilines is 3. The average Bonchev–Trinajstić information content (AvgIpc) is 3.47. The second-order valence-electron chi connectivity index (χ2n) is 6.56. The zero-order chi connectivity index (χ0) is 19.7. The molecule has 0 aliphatic heterocycles. The Balaban J connectivity index is 1.67. The molecular weight excluding hydrogens is 389 g/mol. The van der Waals surface area contributed by atoms with Gasteiger partial charge in [-0.2, -0.15) is 18.2 Å². The molecule has 2 aromatic carbocycles.